The molecule has 6 heteroatoms. The molecule has 0 fully saturated rings. The highest BCUT2D eigenvalue weighted by Gasteiger charge is 2.13. The Bertz CT molecular complexity index is 625. The van der Waals surface area contributed by atoms with E-state index in [2.05, 4.69) is 10.4 Å². The van der Waals surface area contributed by atoms with Gasteiger partial charge < -0.3 is 10.1 Å². The summed E-state index contributed by atoms with van der Waals surface area (Å²) in [6, 6.07) is 7.99. The number of hydrogen-bond acceptors (Lipinski definition) is 3. The molecule has 1 unspecified atom stereocenters. The summed E-state index contributed by atoms with van der Waals surface area (Å²) in [6.07, 6.45) is 5.11. The summed E-state index contributed by atoms with van der Waals surface area (Å²) in [5.74, 6) is 0.743. The van der Waals surface area contributed by atoms with Gasteiger partial charge in [0.05, 0.1) is 30.8 Å². The van der Waals surface area contributed by atoms with Gasteiger partial charge in [-0.2, -0.15) is 5.10 Å². The predicted octanol–water partition coefficient (Wildman–Crippen LogP) is 2.93. The normalized spacial score (nSPS) is 12.0. The summed E-state index contributed by atoms with van der Waals surface area (Å²) in [7, 11) is 1.66. The minimum atomic E-state index is -0.146. The third-order valence-electron chi connectivity index (χ3n) is 3.61. The molecule has 0 radical (unpaired) electrons. The van der Waals surface area contributed by atoms with Crippen LogP contribution in [0, 0.1) is 5.92 Å². The molecule has 1 aromatic heterocycles. The Balaban J connectivity index is 1.67. The first-order chi connectivity index (χ1) is 11.1. The van der Waals surface area contributed by atoms with E-state index in [0.717, 1.165) is 18.6 Å². The van der Waals surface area contributed by atoms with Gasteiger partial charge in [0.25, 0.3) is 0 Å². The number of amides is 1. The van der Waals surface area contributed by atoms with E-state index in [0.29, 0.717) is 18.1 Å². The lowest BCUT2D eigenvalue weighted by Crippen LogP contribution is -2.32. The number of aromatic nitrogens is 2. The molecule has 0 aliphatic rings. The molecule has 0 aliphatic heterocycles. The van der Waals surface area contributed by atoms with Crippen LogP contribution in [0.4, 0.5) is 0 Å². The van der Waals surface area contributed by atoms with Crippen LogP contribution in [-0.2, 0) is 17.8 Å². The lowest BCUT2D eigenvalue weighted by molar-refractivity contribution is -0.124. The van der Waals surface area contributed by atoms with Crippen LogP contribution < -0.4 is 10.1 Å². The van der Waals surface area contributed by atoms with Gasteiger partial charge in [-0.25, -0.2) is 0 Å². The van der Waals surface area contributed by atoms with Gasteiger partial charge in [0.1, 0.15) is 5.75 Å². The zero-order valence-corrected chi connectivity index (χ0v) is 14.2. The number of aryl methyl sites for hydroxylation is 1. The molecule has 1 N–H and O–H groups in total. The summed E-state index contributed by atoms with van der Waals surface area (Å²) >= 11 is 5.81. The van der Waals surface area contributed by atoms with Crippen LogP contribution in [0.3, 0.4) is 0 Å². The first-order valence-electron chi connectivity index (χ1n) is 7.67. The summed E-state index contributed by atoms with van der Waals surface area (Å²) in [5.41, 5.74) is 1.24. The number of hydrogen-bond donors (Lipinski definition) is 1. The Hall–Kier alpha value is -2.01. The minimum absolute atomic E-state index is 0.0337. The maximum absolute atomic E-state index is 12.0. The van der Waals surface area contributed by atoms with Crippen molar-refractivity contribution >= 4 is 17.5 Å². The highest BCUT2D eigenvalue weighted by atomic mass is 35.5. The molecule has 0 saturated carbocycles. The van der Waals surface area contributed by atoms with Gasteiger partial charge in [-0.3, -0.25) is 9.48 Å². The minimum Gasteiger partial charge on any atom is -0.497 e. The summed E-state index contributed by atoms with van der Waals surface area (Å²) < 4.78 is 6.82. The Morgan fingerprint density at radius 3 is 2.74 bits per heavy atom. The lowest BCUT2D eigenvalue weighted by atomic mass is 10.1. The Morgan fingerprint density at radius 2 is 2.13 bits per heavy atom. The van der Waals surface area contributed by atoms with Crippen molar-refractivity contribution in [2.45, 2.75) is 26.3 Å². The molecule has 1 heterocycles. The predicted molar refractivity (Wildman–Crippen MR) is 90.7 cm³/mol. The Labute approximate surface area is 141 Å². The molecule has 0 saturated heterocycles. The van der Waals surface area contributed by atoms with Crippen molar-refractivity contribution in [3.05, 3.63) is 47.2 Å². The highest BCUT2D eigenvalue weighted by molar-refractivity contribution is 6.30. The van der Waals surface area contributed by atoms with Crippen LogP contribution in [0.5, 0.6) is 5.75 Å². The van der Waals surface area contributed by atoms with E-state index in [4.69, 9.17) is 16.3 Å². The van der Waals surface area contributed by atoms with Crippen molar-refractivity contribution in [1.82, 2.24) is 15.1 Å². The van der Waals surface area contributed by atoms with Crippen molar-refractivity contribution in [1.29, 1.82) is 0 Å². The second kappa shape index (κ2) is 8.58. The van der Waals surface area contributed by atoms with Crippen LogP contribution in [0.1, 0.15) is 18.9 Å². The van der Waals surface area contributed by atoms with Crippen LogP contribution in [0.15, 0.2) is 36.7 Å². The molecule has 124 valence electrons. The Kier molecular flexibility index (Phi) is 6.47. The SMILES string of the molecule is COc1ccc(CCCNC(=O)C(C)Cn2cc(Cl)cn2)cc1. The van der Waals surface area contributed by atoms with Gasteiger partial charge in [-0.1, -0.05) is 30.7 Å². The fraction of sp³-hybridized carbons (Fsp3) is 0.412. The van der Waals surface area contributed by atoms with Gasteiger partial charge in [-0.05, 0) is 30.5 Å². The maximum Gasteiger partial charge on any atom is 0.224 e. The number of methoxy groups -OCH3 is 1. The lowest BCUT2D eigenvalue weighted by Gasteiger charge is -2.12. The molecular weight excluding hydrogens is 314 g/mol. The first kappa shape index (κ1) is 17.3. The smallest absolute Gasteiger partial charge is 0.224 e. The standard InChI is InChI=1S/C17H22ClN3O2/c1-13(11-21-12-15(18)10-20-21)17(22)19-9-3-4-14-5-7-16(23-2)8-6-14/h5-8,10,12-13H,3-4,9,11H2,1-2H3,(H,19,22). The molecule has 1 aromatic carbocycles. The maximum atomic E-state index is 12.0. The zero-order valence-electron chi connectivity index (χ0n) is 13.5. The topological polar surface area (TPSA) is 56.1 Å². The fourth-order valence-electron chi connectivity index (χ4n) is 2.27. The van der Waals surface area contributed by atoms with E-state index in [-0.39, 0.29) is 11.8 Å². The first-order valence-corrected chi connectivity index (χ1v) is 8.05. The molecule has 0 spiro atoms. The average molecular weight is 336 g/mol. The van der Waals surface area contributed by atoms with Gasteiger partial charge in [0, 0.05) is 12.7 Å². The van der Waals surface area contributed by atoms with Crippen molar-refractivity contribution in [2.75, 3.05) is 13.7 Å². The van der Waals surface area contributed by atoms with Crippen LogP contribution in [-0.4, -0.2) is 29.3 Å². The van der Waals surface area contributed by atoms with Crippen molar-refractivity contribution in [2.24, 2.45) is 5.92 Å². The number of benzene rings is 1. The Morgan fingerprint density at radius 1 is 1.39 bits per heavy atom. The van der Waals surface area contributed by atoms with E-state index < -0.39 is 0 Å². The molecule has 2 rings (SSSR count). The molecule has 0 bridgehead atoms. The monoisotopic (exact) mass is 335 g/mol. The number of nitrogens with zero attached hydrogens (tertiary/aromatic N) is 2. The van der Waals surface area contributed by atoms with Crippen molar-refractivity contribution < 1.29 is 9.53 Å². The quantitative estimate of drug-likeness (QED) is 0.755. The van der Waals surface area contributed by atoms with Crippen LogP contribution in [0.2, 0.25) is 5.02 Å². The van der Waals surface area contributed by atoms with E-state index in [9.17, 15) is 4.79 Å². The number of carbonyl (C=O) groups excluding carboxylic acids is 1. The second-order valence-electron chi connectivity index (χ2n) is 5.52. The van der Waals surface area contributed by atoms with E-state index in [1.807, 2.05) is 31.2 Å². The van der Waals surface area contributed by atoms with Crippen LogP contribution >= 0.6 is 11.6 Å². The molecule has 1 atom stereocenters. The van der Waals surface area contributed by atoms with Crippen molar-refractivity contribution in [3.8, 4) is 5.75 Å². The summed E-state index contributed by atoms with van der Waals surface area (Å²) in [4.78, 5) is 12.0. The van der Waals surface area contributed by atoms with Gasteiger partial charge >= 0.3 is 0 Å². The summed E-state index contributed by atoms with van der Waals surface area (Å²) in [5, 5.41) is 7.63. The number of rotatable bonds is 8. The molecular formula is C17H22ClN3O2. The number of carbonyl (C=O) groups is 1. The number of halogens is 1. The van der Waals surface area contributed by atoms with Crippen molar-refractivity contribution in [3.63, 3.8) is 0 Å². The largest absolute Gasteiger partial charge is 0.497 e. The average Bonchev–Trinajstić information content (AvgIpc) is 2.96. The van der Waals surface area contributed by atoms with Gasteiger partial charge in [0.2, 0.25) is 5.91 Å². The number of ether oxygens (including phenoxy) is 1. The molecule has 2 aromatic rings. The second-order valence-corrected chi connectivity index (χ2v) is 5.96. The molecule has 5 nitrogen and oxygen atoms in total. The fourth-order valence-corrected chi connectivity index (χ4v) is 2.43. The molecule has 23 heavy (non-hydrogen) atoms. The number of nitrogens with one attached hydrogen (secondary N) is 1. The third-order valence-corrected chi connectivity index (χ3v) is 3.81. The highest BCUT2D eigenvalue weighted by Crippen LogP contribution is 2.12. The summed E-state index contributed by atoms with van der Waals surface area (Å²) in [6.45, 7) is 3.07. The van der Waals surface area contributed by atoms with Gasteiger partial charge in [-0.15, -0.1) is 0 Å². The van der Waals surface area contributed by atoms with E-state index in [1.54, 1.807) is 24.2 Å². The molecule has 1 amide bonds. The third kappa shape index (κ3) is 5.60. The zero-order chi connectivity index (χ0) is 16.7. The van der Waals surface area contributed by atoms with Crippen LogP contribution in [0.25, 0.3) is 0 Å². The van der Waals surface area contributed by atoms with E-state index >= 15 is 0 Å². The molecule has 0 aliphatic carbocycles. The van der Waals surface area contributed by atoms with E-state index in [1.165, 1.54) is 5.56 Å². The van der Waals surface area contributed by atoms with Gasteiger partial charge in [0.15, 0.2) is 0 Å².